The molecule has 504 valence electrons. The number of hydrogen-bond acceptors (Lipinski definition) is 4. The third-order valence-corrected chi connectivity index (χ3v) is 24.8. The minimum absolute atomic E-state index is 0.107. The fourth-order valence-corrected chi connectivity index (χ4v) is 19.9. The summed E-state index contributed by atoms with van der Waals surface area (Å²) in [6.07, 6.45) is 26.4. The summed E-state index contributed by atoms with van der Waals surface area (Å²) in [5.41, 5.74) is 6.20. The second-order valence-electron chi connectivity index (χ2n) is 30.6. The SMILES string of the molecule is CCCCCCCC(CCCCCCC)N1C(=O)c2ccc3c4ccc(C)c5c(-c6ccc7c8ccc9c%10ccc%11c%12ccc%13c%14c(ccc(c%15ccc(c%16ccc(c%17cccc6c%177)c8c%169)c%10c%15%11)c%14%12)C(=O)N(C(CCCCCCC)CCCCCCC)C%13=O)ccc(c6ccc(c2c36)C1=O)c54. The fraction of sp³-hybridized carbons (Fsp3) is 0.326. The highest BCUT2D eigenvalue weighted by Crippen LogP contribution is 2.54. The monoisotopic (exact) mass is 1320 g/mol. The number of rotatable bonds is 27. The van der Waals surface area contributed by atoms with Crippen LogP contribution < -0.4 is 0 Å². The molecule has 0 aromatic heterocycles. The molecule has 2 heterocycles. The summed E-state index contributed by atoms with van der Waals surface area (Å²) in [7, 11) is 0. The summed E-state index contributed by atoms with van der Waals surface area (Å²) in [6, 6.07) is 56.3. The molecule has 0 radical (unpaired) electrons. The molecular formula is C95H90N2O4. The predicted molar refractivity (Wildman–Crippen MR) is 429 cm³/mol. The number of carbonyl (C=O) groups is 4. The molecule has 101 heavy (non-hydrogen) atoms. The van der Waals surface area contributed by atoms with E-state index >= 15 is 19.2 Å². The van der Waals surface area contributed by atoms with E-state index in [9.17, 15) is 0 Å². The highest BCUT2D eigenvalue weighted by molar-refractivity contribution is 6.48. The standard InChI is InChI=1S/C95H90N2O4/c1-6-10-14-18-22-27-56(28-23-19-15-11-7-2)96-92(98)77-51-47-73-63-34-33-55(5)81-61(37-38-66(83(63)81)74-48-52-78(93(96)99)90(77)88(73)74)58-35-36-62-65-40-42-68-70-44-46-72-76-50-54-80-91-79(94(100)97(95(80)101)57(29-24-20-16-12-8-3)30-25-21-17-13-9-4)53-49-75(89(76)91)71-45-43-69(86(70)87(71)72)67-41-39-64(84(65)85(67)68)60-32-26-31-59(58)82(60)62/h26,31-54,56-57H,6-25,27-30H2,1-5H3. The second-order valence-corrected chi connectivity index (χ2v) is 30.6. The van der Waals surface area contributed by atoms with E-state index < -0.39 is 0 Å². The molecule has 16 aromatic rings. The molecule has 0 fully saturated rings. The van der Waals surface area contributed by atoms with Crippen molar-refractivity contribution in [3.05, 3.63) is 179 Å². The maximum Gasteiger partial charge on any atom is 0.261 e. The van der Waals surface area contributed by atoms with Gasteiger partial charge in [0.15, 0.2) is 0 Å². The lowest BCUT2D eigenvalue weighted by Crippen LogP contribution is -2.47. The van der Waals surface area contributed by atoms with E-state index in [1.807, 2.05) is 24.3 Å². The first-order valence-electron chi connectivity index (χ1n) is 39.0. The van der Waals surface area contributed by atoms with E-state index in [1.54, 1.807) is 9.80 Å². The maximum absolute atomic E-state index is 15.1. The van der Waals surface area contributed by atoms with Gasteiger partial charge in [-0.3, -0.25) is 29.0 Å². The van der Waals surface area contributed by atoms with Crippen molar-refractivity contribution in [3.8, 4) is 11.1 Å². The first-order chi connectivity index (χ1) is 49.6. The van der Waals surface area contributed by atoms with E-state index in [0.717, 1.165) is 142 Å². The summed E-state index contributed by atoms with van der Waals surface area (Å²) in [5.74, 6) is -0.543. The molecule has 0 spiro atoms. The second kappa shape index (κ2) is 25.5. The molecule has 16 aromatic carbocycles. The molecule has 0 saturated carbocycles. The number of carbonyl (C=O) groups excluding carboxylic acids is 4. The lowest BCUT2D eigenvalue weighted by Gasteiger charge is -2.35. The van der Waals surface area contributed by atoms with Crippen LogP contribution in [0.5, 0.6) is 0 Å². The average Bonchev–Trinajstić information content (AvgIpc) is 0.686. The smallest absolute Gasteiger partial charge is 0.261 e. The normalized spacial score (nSPS) is 14.0. The fourth-order valence-electron chi connectivity index (χ4n) is 19.9. The zero-order valence-electron chi connectivity index (χ0n) is 59.6. The molecule has 18 rings (SSSR count). The quantitative estimate of drug-likeness (QED) is 0.0223. The van der Waals surface area contributed by atoms with Gasteiger partial charge in [-0.15, -0.1) is 0 Å². The Bertz CT molecular complexity index is 5780. The van der Waals surface area contributed by atoms with Crippen LogP contribution in [0.15, 0.2) is 152 Å². The van der Waals surface area contributed by atoms with Gasteiger partial charge in [-0.1, -0.05) is 284 Å². The highest BCUT2D eigenvalue weighted by atomic mass is 16.2. The average molecular weight is 1320 g/mol. The first-order valence-corrected chi connectivity index (χ1v) is 39.0. The number of benzene rings is 16. The predicted octanol–water partition coefficient (Wildman–Crippen LogP) is 26.9. The van der Waals surface area contributed by atoms with Crippen molar-refractivity contribution in [2.75, 3.05) is 0 Å². The van der Waals surface area contributed by atoms with Gasteiger partial charge >= 0.3 is 0 Å². The van der Waals surface area contributed by atoms with E-state index in [1.165, 1.54) is 180 Å². The Labute approximate surface area is 591 Å². The van der Waals surface area contributed by atoms with Gasteiger partial charge < -0.3 is 0 Å². The van der Waals surface area contributed by atoms with Crippen LogP contribution >= 0.6 is 0 Å². The number of aryl methyl sites for hydroxylation is 1. The first kappa shape index (κ1) is 63.6. The van der Waals surface area contributed by atoms with Crippen LogP contribution in [-0.4, -0.2) is 45.5 Å². The molecule has 6 heteroatoms. The summed E-state index contributed by atoms with van der Waals surface area (Å²) < 4.78 is 0. The van der Waals surface area contributed by atoms with Crippen LogP contribution in [0.1, 0.15) is 229 Å². The Morgan fingerprint density at radius 2 is 0.446 bits per heavy atom. The van der Waals surface area contributed by atoms with Gasteiger partial charge in [-0.2, -0.15) is 0 Å². The van der Waals surface area contributed by atoms with Crippen molar-refractivity contribution < 1.29 is 19.2 Å². The van der Waals surface area contributed by atoms with Gasteiger partial charge in [-0.05, 0) is 214 Å². The van der Waals surface area contributed by atoms with Crippen LogP contribution in [0.4, 0.5) is 0 Å². The molecule has 0 saturated heterocycles. The number of amides is 4. The number of imide groups is 2. The lowest BCUT2D eigenvalue weighted by molar-refractivity contribution is 0.0501. The summed E-state index contributed by atoms with van der Waals surface area (Å²) in [4.78, 5) is 63.6. The van der Waals surface area contributed by atoms with E-state index in [-0.39, 0.29) is 35.7 Å². The maximum atomic E-state index is 15.1. The molecule has 6 nitrogen and oxygen atoms in total. The van der Waals surface area contributed by atoms with E-state index in [0.29, 0.717) is 22.3 Å². The van der Waals surface area contributed by atoms with Gasteiger partial charge in [0.2, 0.25) is 0 Å². The summed E-state index contributed by atoms with van der Waals surface area (Å²) in [5, 5.41) is 32.4. The third-order valence-electron chi connectivity index (χ3n) is 24.8. The largest absolute Gasteiger partial charge is 0.271 e. The summed E-state index contributed by atoms with van der Waals surface area (Å²) >= 11 is 0. The van der Waals surface area contributed by atoms with E-state index in [4.69, 9.17) is 0 Å². The Hall–Kier alpha value is -9.52. The molecule has 0 atom stereocenters. The molecule has 4 amide bonds. The zero-order chi connectivity index (χ0) is 68.5. The minimum Gasteiger partial charge on any atom is -0.271 e. The Morgan fingerprint density at radius 1 is 0.218 bits per heavy atom. The van der Waals surface area contributed by atoms with Crippen LogP contribution in [0.3, 0.4) is 0 Å². The van der Waals surface area contributed by atoms with Gasteiger partial charge in [0, 0.05) is 45.1 Å². The van der Waals surface area contributed by atoms with Crippen molar-refractivity contribution >= 4 is 174 Å². The highest BCUT2D eigenvalue weighted by Gasteiger charge is 2.40. The number of hydrogen-bond donors (Lipinski definition) is 0. The van der Waals surface area contributed by atoms with Crippen molar-refractivity contribution in [2.45, 2.75) is 201 Å². The van der Waals surface area contributed by atoms with Gasteiger partial charge in [-0.25, -0.2) is 0 Å². The Kier molecular flexibility index (Phi) is 16.1. The van der Waals surface area contributed by atoms with Crippen molar-refractivity contribution in [2.24, 2.45) is 0 Å². The van der Waals surface area contributed by atoms with Crippen LogP contribution in [0.2, 0.25) is 0 Å². The van der Waals surface area contributed by atoms with Gasteiger partial charge in [0.05, 0.1) is 0 Å². The van der Waals surface area contributed by atoms with Crippen LogP contribution in [0, 0.1) is 6.92 Å². The van der Waals surface area contributed by atoms with Gasteiger partial charge in [0.25, 0.3) is 23.6 Å². The number of unbranched alkanes of at least 4 members (excludes halogenated alkanes) is 16. The lowest BCUT2D eigenvalue weighted by atomic mass is 9.80. The molecule has 0 aliphatic carbocycles. The van der Waals surface area contributed by atoms with Crippen LogP contribution in [0.25, 0.3) is 162 Å². The van der Waals surface area contributed by atoms with Gasteiger partial charge in [0.1, 0.15) is 0 Å². The molecule has 0 unspecified atom stereocenters. The van der Waals surface area contributed by atoms with Crippen LogP contribution in [-0.2, 0) is 0 Å². The molecule has 2 aliphatic heterocycles. The molecule has 2 aliphatic rings. The number of nitrogens with zero attached hydrogens (tertiary/aromatic N) is 2. The zero-order valence-corrected chi connectivity index (χ0v) is 59.6. The van der Waals surface area contributed by atoms with Crippen molar-refractivity contribution in [3.63, 3.8) is 0 Å². The molecule has 0 bridgehead atoms. The molecular weight excluding hydrogens is 1230 g/mol. The van der Waals surface area contributed by atoms with Crippen molar-refractivity contribution in [1.82, 2.24) is 9.80 Å². The van der Waals surface area contributed by atoms with E-state index in [2.05, 4.69) is 162 Å². The number of fused-ring (bicyclic) bond motifs is 8. The third kappa shape index (κ3) is 9.61. The Balaban J connectivity index is 0.733. The van der Waals surface area contributed by atoms with Crippen molar-refractivity contribution in [1.29, 1.82) is 0 Å². The minimum atomic E-state index is -0.137. The Morgan fingerprint density at radius 3 is 0.762 bits per heavy atom. The molecule has 0 N–H and O–H groups in total. The summed E-state index contributed by atoms with van der Waals surface area (Å²) in [6.45, 7) is 11.2. The topological polar surface area (TPSA) is 74.8 Å².